The number of hydrogen-bond acceptors (Lipinski definition) is 3. The molecule has 4 heteroatoms. The van der Waals surface area contributed by atoms with Gasteiger partial charge in [-0.3, -0.25) is 4.79 Å². The van der Waals surface area contributed by atoms with Crippen LogP contribution in [0.15, 0.2) is 0 Å². The van der Waals surface area contributed by atoms with Gasteiger partial charge < -0.3 is 15.5 Å². The fourth-order valence-corrected chi connectivity index (χ4v) is 1.14. The predicted octanol–water partition coefficient (Wildman–Crippen LogP) is 0.990. The Labute approximate surface area is 85.3 Å². The van der Waals surface area contributed by atoms with Crippen LogP contribution in [-0.2, 0) is 4.79 Å². The van der Waals surface area contributed by atoms with E-state index in [1.165, 1.54) is 0 Å². The van der Waals surface area contributed by atoms with Gasteiger partial charge >= 0.3 is 5.97 Å². The molecule has 0 aliphatic heterocycles. The van der Waals surface area contributed by atoms with Gasteiger partial charge in [-0.1, -0.05) is 6.92 Å². The quantitative estimate of drug-likeness (QED) is 0.550. The Morgan fingerprint density at radius 2 is 2.07 bits per heavy atom. The number of rotatable bonds is 8. The molecule has 0 aromatic heterocycles. The molecule has 0 saturated heterocycles. The molecule has 0 spiro atoms. The van der Waals surface area contributed by atoms with Gasteiger partial charge in [0.2, 0.25) is 0 Å². The van der Waals surface area contributed by atoms with Crippen molar-refractivity contribution < 1.29 is 15.0 Å². The molecule has 0 bridgehead atoms. The van der Waals surface area contributed by atoms with Crippen molar-refractivity contribution in [1.82, 2.24) is 5.32 Å². The summed E-state index contributed by atoms with van der Waals surface area (Å²) in [5.41, 5.74) is 0. The highest BCUT2D eigenvalue weighted by Crippen LogP contribution is 1.98. The smallest absolute Gasteiger partial charge is 0.303 e. The van der Waals surface area contributed by atoms with E-state index >= 15 is 0 Å². The molecular weight excluding hydrogens is 182 g/mol. The molecule has 2 unspecified atom stereocenters. The summed E-state index contributed by atoms with van der Waals surface area (Å²) in [4.78, 5) is 10.3. The molecule has 2 atom stereocenters. The zero-order valence-corrected chi connectivity index (χ0v) is 8.99. The summed E-state index contributed by atoms with van der Waals surface area (Å²) in [6, 6.07) is 0.204. The van der Waals surface area contributed by atoms with Crippen LogP contribution in [0.4, 0.5) is 0 Å². The van der Waals surface area contributed by atoms with Gasteiger partial charge in [0.05, 0.1) is 6.10 Å². The summed E-state index contributed by atoms with van der Waals surface area (Å²) >= 11 is 0. The molecule has 0 saturated carbocycles. The number of aliphatic hydroxyl groups is 1. The third kappa shape index (κ3) is 8.01. The van der Waals surface area contributed by atoms with E-state index in [4.69, 9.17) is 5.11 Å². The lowest BCUT2D eigenvalue weighted by molar-refractivity contribution is -0.137. The summed E-state index contributed by atoms with van der Waals surface area (Å²) in [7, 11) is 0. The molecule has 0 aliphatic rings. The van der Waals surface area contributed by atoms with Crippen LogP contribution in [0.5, 0.6) is 0 Å². The minimum Gasteiger partial charge on any atom is -0.481 e. The monoisotopic (exact) mass is 203 g/mol. The highest BCUT2D eigenvalue weighted by Gasteiger charge is 2.05. The SMILES string of the molecule is CCC(O)CCNC(C)CCC(=O)O. The van der Waals surface area contributed by atoms with Crippen LogP contribution in [0.2, 0.25) is 0 Å². The van der Waals surface area contributed by atoms with Gasteiger partial charge in [0, 0.05) is 12.5 Å². The summed E-state index contributed by atoms with van der Waals surface area (Å²) < 4.78 is 0. The van der Waals surface area contributed by atoms with Gasteiger partial charge in [-0.2, -0.15) is 0 Å². The fraction of sp³-hybridized carbons (Fsp3) is 0.900. The second kappa shape index (κ2) is 7.76. The first-order valence-electron chi connectivity index (χ1n) is 5.19. The van der Waals surface area contributed by atoms with Crippen molar-refractivity contribution in [2.45, 2.75) is 51.7 Å². The van der Waals surface area contributed by atoms with Crippen LogP contribution in [0, 0.1) is 0 Å². The average Bonchev–Trinajstić information content (AvgIpc) is 2.14. The highest BCUT2D eigenvalue weighted by molar-refractivity contribution is 5.66. The second-order valence-electron chi connectivity index (χ2n) is 3.64. The van der Waals surface area contributed by atoms with Gasteiger partial charge in [0.25, 0.3) is 0 Å². The Bertz CT molecular complexity index is 161. The maximum absolute atomic E-state index is 10.3. The van der Waals surface area contributed by atoms with E-state index in [0.29, 0.717) is 6.42 Å². The number of carboxylic acid groups (broad SMARTS) is 1. The van der Waals surface area contributed by atoms with E-state index in [0.717, 1.165) is 19.4 Å². The lowest BCUT2D eigenvalue weighted by Crippen LogP contribution is -2.29. The minimum absolute atomic E-state index is 0.199. The zero-order chi connectivity index (χ0) is 11.0. The number of aliphatic carboxylic acids is 1. The summed E-state index contributed by atoms with van der Waals surface area (Å²) in [5, 5.41) is 20.9. The van der Waals surface area contributed by atoms with E-state index in [9.17, 15) is 9.90 Å². The van der Waals surface area contributed by atoms with Crippen molar-refractivity contribution in [2.24, 2.45) is 0 Å². The number of hydrogen-bond donors (Lipinski definition) is 3. The number of carbonyl (C=O) groups is 1. The molecule has 84 valence electrons. The minimum atomic E-state index is -0.757. The number of aliphatic hydroxyl groups excluding tert-OH is 1. The molecule has 0 radical (unpaired) electrons. The van der Waals surface area contributed by atoms with Crippen molar-refractivity contribution in [3.63, 3.8) is 0 Å². The van der Waals surface area contributed by atoms with Crippen LogP contribution in [0.1, 0.15) is 39.5 Å². The Hall–Kier alpha value is -0.610. The van der Waals surface area contributed by atoms with E-state index in [-0.39, 0.29) is 18.6 Å². The molecule has 3 N–H and O–H groups in total. The van der Waals surface area contributed by atoms with Gasteiger partial charge in [-0.25, -0.2) is 0 Å². The van der Waals surface area contributed by atoms with Gasteiger partial charge in [0.15, 0.2) is 0 Å². The molecule has 0 amide bonds. The van der Waals surface area contributed by atoms with Gasteiger partial charge in [-0.05, 0) is 32.7 Å². The lowest BCUT2D eigenvalue weighted by Gasteiger charge is -2.14. The zero-order valence-electron chi connectivity index (χ0n) is 8.99. The third-order valence-corrected chi connectivity index (χ3v) is 2.23. The molecule has 14 heavy (non-hydrogen) atoms. The molecule has 4 nitrogen and oxygen atoms in total. The standard InChI is InChI=1S/C10H21NO3/c1-3-9(12)6-7-11-8(2)4-5-10(13)14/h8-9,11-12H,3-7H2,1-2H3,(H,13,14). The molecule has 0 aromatic rings. The van der Waals surface area contributed by atoms with Crippen LogP contribution in [-0.4, -0.2) is 34.9 Å². The van der Waals surface area contributed by atoms with Crippen molar-refractivity contribution in [3.05, 3.63) is 0 Å². The lowest BCUT2D eigenvalue weighted by atomic mass is 10.1. The fourth-order valence-electron chi connectivity index (χ4n) is 1.14. The Balaban J connectivity index is 3.35. The molecule has 0 fully saturated rings. The maximum Gasteiger partial charge on any atom is 0.303 e. The van der Waals surface area contributed by atoms with Crippen molar-refractivity contribution in [3.8, 4) is 0 Å². The topological polar surface area (TPSA) is 69.6 Å². The molecule has 0 heterocycles. The average molecular weight is 203 g/mol. The van der Waals surface area contributed by atoms with E-state index < -0.39 is 5.97 Å². The first-order chi connectivity index (χ1) is 6.56. The molecular formula is C10H21NO3. The normalized spacial score (nSPS) is 15.1. The largest absolute Gasteiger partial charge is 0.481 e. The maximum atomic E-state index is 10.3. The van der Waals surface area contributed by atoms with Crippen LogP contribution < -0.4 is 5.32 Å². The highest BCUT2D eigenvalue weighted by atomic mass is 16.4. The Morgan fingerprint density at radius 1 is 1.43 bits per heavy atom. The van der Waals surface area contributed by atoms with E-state index in [1.807, 2.05) is 13.8 Å². The molecule has 0 aliphatic carbocycles. The Morgan fingerprint density at radius 3 is 2.57 bits per heavy atom. The first kappa shape index (κ1) is 13.4. The van der Waals surface area contributed by atoms with Crippen molar-refractivity contribution in [1.29, 1.82) is 0 Å². The van der Waals surface area contributed by atoms with E-state index in [2.05, 4.69) is 5.32 Å². The first-order valence-corrected chi connectivity index (χ1v) is 5.19. The van der Waals surface area contributed by atoms with Crippen molar-refractivity contribution >= 4 is 5.97 Å². The molecule has 0 aromatic carbocycles. The molecule has 0 rings (SSSR count). The van der Waals surface area contributed by atoms with Gasteiger partial charge in [-0.15, -0.1) is 0 Å². The van der Waals surface area contributed by atoms with Gasteiger partial charge in [0.1, 0.15) is 0 Å². The summed E-state index contributed by atoms with van der Waals surface area (Å²) in [6.07, 6.45) is 2.09. The van der Waals surface area contributed by atoms with Crippen molar-refractivity contribution in [2.75, 3.05) is 6.54 Å². The summed E-state index contributed by atoms with van der Waals surface area (Å²) in [6.45, 7) is 4.65. The second-order valence-corrected chi connectivity index (χ2v) is 3.64. The van der Waals surface area contributed by atoms with Crippen LogP contribution in [0.25, 0.3) is 0 Å². The van der Waals surface area contributed by atoms with Crippen LogP contribution >= 0.6 is 0 Å². The number of carboxylic acids is 1. The third-order valence-electron chi connectivity index (χ3n) is 2.23. The number of nitrogens with one attached hydrogen (secondary N) is 1. The van der Waals surface area contributed by atoms with E-state index in [1.54, 1.807) is 0 Å². The van der Waals surface area contributed by atoms with Crippen LogP contribution in [0.3, 0.4) is 0 Å². The predicted molar refractivity (Wildman–Crippen MR) is 55.2 cm³/mol. The summed E-state index contributed by atoms with van der Waals surface area (Å²) in [5.74, 6) is -0.757. The Kier molecular flexibility index (Phi) is 7.42.